The van der Waals surface area contributed by atoms with Gasteiger partial charge in [0.1, 0.15) is 0 Å². The van der Waals surface area contributed by atoms with Crippen LogP contribution in [0.5, 0.6) is 0 Å². The summed E-state index contributed by atoms with van der Waals surface area (Å²) in [7, 11) is -3.82. The van der Waals surface area contributed by atoms with Crippen LogP contribution >= 0.6 is 0 Å². The first-order chi connectivity index (χ1) is 15.0. The van der Waals surface area contributed by atoms with E-state index in [4.69, 9.17) is 0 Å². The first-order valence-corrected chi connectivity index (χ1v) is 13.6. The highest BCUT2D eigenvalue weighted by molar-refractivity contribution is 7.90. The molecular weight excluding hydrogens is 442 g/mol. The van der Waals surface area contributed by atoms with Crippen molar-refractivity contribution in [2.75, 3.05) is 5.75 Å². The second-order valence-electron chi connectivity index (χ2n) is 11.6. The minimum absolute atomic E-state index is 0.0531. The Morgan fingerprint density at radius 2 is 1.82 bits per heavy atom. The Morgan fingerprint density at radius 3 is 2.36 bits per heavy atom. The van der Waals surface area contributed by atoms with Crippen LogP contribution in [0.3, 0.4) is 0 Å². The molecule has 0 aromatic heterocycles. The molecule has 1 spiro atoms. The molecule has 33 heavy (non-hydrogen) atoms. The minimum atomic E-state index is -3.82. The Hall–Kier alpha value is -1.54. The summed E-state index contributed by atoms with van der Waals surface area (Å²) < 4.78 is 27.1. The maximum absolute atomic E-state index is 13.2. The highest BCUT2D eigenvalue weighted by Crippen LogP contribution is 2.70. The van der Waals surface area contributed by atoms with Gasteiger partial charge < -0.3 is 5.11 Å². The number of Topliss-reactive ketones (excluding diaryl/α,β-unsaturated/α-hetero) is 2. The Bertz CT molecular complexity index is 981. The standard InChI is InChI=1S/C25H39NO6S/c1-8-9-15(2)21(29)16(3)22(30)23(4,5)19(27)13-20(28)26-18-12-17-10-11-25(18,24(17,6)7)14-33(26,31)32/h8-9,15-18,21,29H,10-14H2,1-7H3/b9-8+/t15-,16+,17?,18?,21-,25?/m0/s1. The summed E-state index contributed by atoms with van der Waals surface area (Å²) >= 11 is 0. The zero-order valence-corrected chi connectivity index (χ0v) is 21.7. The summed E-state index contributed by atoms with van der Waals surface area (Å²) in [6.45, 7) is 12.3. The minimum Gasteiger partial charge on any atom is -0.392 e. The molecule has 1 N–H and O–H groups in total. The zero-order chi connectivity index (χ0) is 25.1. The van der Waals surface area contributed by atoms with Crippen molar-refractivity contribution in [3.05, 3.63) is 12.2 Å². The van der Waals surface area contributed by atoms with Crippen molar-refractivity contribution >= 4 is 27.5 Å². The van der Waals surface area contributed by atoms with Crippen LogP contribution in [0.15, 0.2) is 12.2 Å². The van der Waals surface area contributed by atoms with Crippen LogP contribution in [-0.4, -0.2) is 53.2 Å². The maximum Gasteiger partial charge on any atom is 0.243 e. The molecule has 1 amide bonds. The van der Waals surface area contributed by atoms with E-state index in [0.29, 0.717) is 12.3 Å². The van der Waals surface area contributed by atoms with E-state index in [0.717, 1.165) is 17.1 Å². The van der Waals surface area contributed by atoms with Gasteiger partial charge in [0.15, 0.2) is 11.6 Å². The number of aliphatic hydroxyl groups excluding tert-OH is 1. The summed E-state index contributed by atoms with van der Waals surface area (Å²) in [5, 5.41) is 10.5. The van der Waals surface area contributed by atoms with Crippen LogP contribution in [0.25, 0.3) is 0 Å². The molecule has 1 saturated heterocycles. The number of hydrogen-bond donors (Lipinski definition) is 1. The SMILES string of the molecule is C/C=C/[C@H](C)[C@H](O)[C@@H](C)C(=O)C(C)(C)C(=O)CC(=O)N1C2CC3CCC2(CS1(=O)=O)C3(C)C. The van der Waals surface area contributed by atoms with Gasteiger partial charge in [-0.2, -0.15) is 0 Å². The average Bonchev–Trinajstić information content (AvgIpc) is 3.19. The summed E-state index contributed by atoms with van der Waals surface area (Å²) in [6.07, 6.45) is 4.36. The second kappa shape index (κ2) is 8.29. The largest absolute Gasteiger partial charge is 0.392 e. The van der Waals surface area contributed by atoms with Crippen LogP contribution in [0.4, 0.5) is 0 Å². The number of aliphatic hydroxyl groups is 1. The highest BCUT2D eigenvalue weighted by atomic mass is 32.2. The molecular formula is C25H39NO6S. The van der Waals surface area contributed by atoms with Crippen LogP contribution in [-0.2, 0) is 24.4 Å². The fraction of sp³-hybridized carbons (Fsp3) is 0.800. The van der Waals surface area contributed by atoms with Gasteiger partial charge >= 0.3 is 0 Å². The number of amides is 1. The predicted octanol–water partition coefficient (Wildman–Crippen LogP) is 3.12. The van der Waals surface area contributed by atoms with E-state index in [1.165, 1.54) is 13.8 Å². The van der Waals surface area contributed by atoms with E-state index in [9.17, 15) is 27.9 Å². The number of allylic oxidation sites excluding steroid dienone is 1. The number of ketones is 2. The number of rotatable bonds is 8. The Labute approximate surface area is 198 Å². The summed E-state index contributed by atoms with van der Waals surface area (Å²) in [5.74, 6) is -2.57. The van der Waals surface area contributed by atoms with E-state index in [1.807, 2.05) is 6.92 Å². The van der Waals surface area contributed by atoms with Crippen molar-refractivity contribution in [1.29, 1.82) is 0 Å². The molecule has 186 valence electrons. The zero-order valence-electron chi connectivity index (χ0n) is 20.9. The van der Waals surface area contributed by atoms with E-state index < -0.39 is 62.8 Å². The number of hydrogen-bond acceptors (Lipinski definition) is 6. The van der Waals surface area contributed by atoms with Gasteiger partial charge in [-0.25, -0.2) is 12.7 Å². The number of carbonyl (C=O) groups is 3. The van der Waals surface area contributed by atoms with Gasteiger partial charge in [-0.3, -0.25) is 14.4 Å². The Kier molecular flexibility index (Phi) is 6.55. The number of carbonyl (C=O) groups excluding carboxylic acids is 3. The van der Waals surface area contributed by atoms with Gasteiger partial charge in [0.2, 0.25) is 15.9 Å². The summed E-state index contributed by atoms with van der Waals surface area (Å²) in [6, 6.07) is -0.405. The number of sulfonamides is 1. The van der Waals surface area contributed by atoms with Crippen LogP contribution in [0.1, 0.15) is 74.1 Å². The normalized spacial score (nSPS) is 32.5. The van der Waals surface area contributed by atoms with Crippen LogP contribution in [0.2, 0.25) is 0 Å². The molecule has 0 aromatic carbocycles. The van der Waals surface area contributed by atoms with Crippen molar-refractivity contribution in [2.24, 2.45) is 34.0 Å². The van der Waals surface area contributed by atoms with Crippen LogP contribution in [0, 0.1) is 34.0 Å². The molecule has 2 bridgehead atoms. The molecule has 1 heterocycles. The lowest BCUT2D eigenvalue weighted by molar-refractivity contribution is -0.145. The third-order valence-corrected chi connectivity index (χ3v) is 11.2. The van der Waals surface area contributed by atoms with Gasteiger partial charge in [-0.15, -0.1) is 0 Å². The third kappa shape index (κ3) is 3.81. The monoisotopic (exact) mass is 481 g/mol. The van der Waals surface area contributed by atoms with E-state index >= 15 is 0 Å². The lowest BCUT2D eigenvalue weighted by Gasteiger charge is -2.37. The first-order valence-electron chi connectivity index (χ1n) is 12.0. The van der Waals surface area contributed by atoms with Crippen molar-refractivity contribution < 1.29 is 27.9 Å². The van der Waals surface area contributed by atoms with Crippen molar-refractivity contribution in [3.63, 3.8) is 0 Å². The topological polar surface area (TPSA) is 109 Å². The van der Waals surface area contributed by atoms with E-state index in [-0.39, 0.29) is 17.1 Å². The lowest BCUT2D eigenvalue weighted by atomic mass is 9.69. The maximum atomic E-state index is 13.2. The Morgan fingerprint density at radius 1 is 1.21 bits per heavy atom. The molecule has 3 rings (SSSR count). The Balaban J connectivity index is 1.77. The summed E-state index contributed by atoms with van der Waals surface area (Å²) in [5.41, 5.74) is -2.14. The van der Waals surface area contributed by atoms with Crippen molar-refractivity contribution in [2.45, 2.75) is 86.3 Å². The van der Waals surface area contributed by atoms with E-state index in [2.05, 4.69) is 13.8 Å². The predicted molar refractivity (Wildman–Crippen MR) is 126 cm³/mol. The van der Waals surface area contributed by atoms with Gasteiger partial charge in [0, 0.05) is 17.3 Å². The fourth-order valence-corrected chi connectivity index (χ4v) is 9.34. The molecule has 3 aliphatic rings. The quantitative estimate of drug-likeness (QED) is 0.421. The molecule has 3 unspecified atom stereocenters. The van der Waals surface area contributed by atoms with Gasteiger partial charge in [0.05, 0.1) is 29.7 Å². The smallest absolute Gasteiger partial charge is 0.243 e. The van der Waals surface area contributed by atoms with Gasteiger partial charge in [0.25, 0.3) is 0 Å². The molecule has 3 fully saturated rings. The first kappa shape index (κ1) is 26.1. The molecule has 1 aliphatic heterocycles. The average molecular weight is 482 g/mol. The molecule has 8 heteroatoms. The fourth-order valence-electron chi connectivity index (χ4n) is 6.79. The molecule has 6 atom stereocenters. The van der Waals surface area contributed by atoms with Crippen LogP contribution < -0.4 is 0 Å². The van der Waals surface area contributed by atoms with Gasteiger partial charge in [-0.05, 0) is 51.4 Å². The van der Waals surface area contributed by atoms with Gasteiger partial charge in [-0.1, -0.05) is 39.8 Å². The number of fused-ring (bicyclic) bond motifs is 1. The summed E-state index contributed by atoms with van der Waals surface area (Å²) in [4.78, 5) is 39.5. The lowest BCUT2D eigenvalue weighted by Crippen LogP contribution is -2.47. The van der Waals surface area contributed by atoms with E-state index in [1.54, 1.807) is 26.0 Å². The molecule has 0 aromatic rings. The number of nitrogens with zero attached hydrogens (tertiary/aromatic N) is 1. The molecule has 2 saturated carbocycles. The van der Waals surface area contributed by atoms with Crippen molar-refractivity contribution in [1.82, 2.24) is 4.31 Å². The molecule has 2 aliphatic carbocycles. The molecule has 0 radical (unpaired) electrons. The third-order valence-electron chi connectivity index (χ3n) is 9.24. The highest BCUT2D eigenvalue weighted by Gasteiger charge is 2.72. The second-order valence-corrected chi connectivity index (χ2v) is 13.4. The molecule has 7 nitrogen and oxygen atoms in total. The van der Waals surface area contributed by atoms with Crippen molar-refractivity contribution in [3.8, 4) is 0 Å².